The highest BCUT2D eigenvalue weighted by Crippen LogP contribution is 2.10. The van der Waals surface area contributed by atoms with Crippen molar-refractivity contribution in [2.45, 2.75) is 30.9 Å². The van der Waals surface area contributed by atoms with Gasteiger partial charge < -0.3 is 20.5 Å². The molecule has 0 bridgehead atoms. The zero-order chi connectivity index (χ0) is 20.6. The second kappa shape index (κ2) is 10.2. The van der Waals surface area contributed by atoms with Crippen LogP contribution in [-0.4, -0.2) is 75.9 Å². The topological polar surface area (TPSA) is 129 Å². The first-order chi connectivity index (χ1) is 13.2. The Morgan fingerprint density at radius 1 is 1.29 bits per heavy atom. The van der Waals surface area contributed by atoms with Gasteiger partial charge in [0.1, 0.15) is 0 Å². The first kappa shape index (κ1) is 22.6. The summed E-state index contributed by atoms with van der Waals surface area (Å²) in [4.78, 5) is 6.75. The number of rotatable bonds is 8. The molecule has 10 heteroatoms. The van der Waals surface area contributed by atoms with Gasteiger partial charge in [0.25, 0.3) is 0 Å². The molecule has 1 atom stereocenters. The van der Waals surface area contributed by atoms with Crippen molar-refractivity contribution in [3.05, 3.63) is 29.8 Å². The van der Waals surface area contributed by atoms with Crippen LogP contribution in [0.15, 0.2) is 34.2 Å². The number of guanidine groups is 1. The smallest absolute Gasteiger partial charge is 0.238 e. The molecule has 1 aromatic rings. The van der Waals surface area contributed by atoms with Gasteiger partial charge in [0, 0.05) is 32.7 Å². The molecule has 1 fully saturated rings. The quantitative estimate of drug-likeness (QED) is 0.333. The summed E-state index contributed by atoms with van der Waals surface area (Å²) < 4.78 is 28.0. The van der Waals surface area contributed by atoms with E-state index in [0.29, 0.717) is 45.4 Å². The number of nitrogens with two attached hydrogens (primary N) is 1. The molecule has 2 rings (SSSR count). The third-order valence-electron chi connectivity index (χ3n) is 4.32. The maximum atomic E-state index is 11.3. The SMILES string of the molecule is CCNC(=NCc1ccc(S(N)(=O)=O)cc1)NCC(C)(O)CN1CCOCC1. The van der Waals surface area contributed by atoms with E-state index in [0.717, 1.165) is 18.7 Å². The van der Waals surface area contributed by atoms with Crippen LogP contribution in [0, 0.1) is 0 Å². The van der Waals surface area contributed by atoms with Crippen molar-refractivity contribution < 1.29 is 18.3 Å². The molecule has 1 heterocycles. The van der Waals surface area contributed by atoms with E-state index in [2.05, 4.69) is 20.5 Å². The molecule has 9 nitrogen and oxygen atoms in total. The standard InChI is InChI=1S/C18H31N5O4S/c1-3-20-17(21-12-15-4-6-16(7-5-15)28(19,25)26)22-13-18(2,24)14-23-8-10-27-11-9-23/h4-7,24H,3,8-14H2,1-2H3,(H2,19,25,26)(H2,20,21,22). The molecule has 0 aromatic heterocycles. The number of aliphatic hydroxyl groups is 1. The summed E-state index contributed by atoms with van der Waals surface area (Å²) in [5.74, 6) is 0.584. The fourth-order valence-electron chi connectivity index (χ4n) is 2.87. The molecule has 158 valence electrons. The Labute approximate surface area is 167 Å². The molecule has 0 radical (unpaired) electrons. The van der Waals surface area contributed by atoms with Crippen molar-refractivity contribution in [2.75, 3.05) is 45.9 Å². The van der Waals surface area contributed by atoms with E-state index in [-0.39, 0.29) is 4.90 Å². The summed E-state index contributed by atoms with van der Waals surface area (Å²) in [7, 11) is -3.70. The largest absolute Gasteiger partial charge is 0.387 e. The van der Waals surface area contributed by atoms with Gasteiger partial charge in [-0.05, 0) is 31.5 Å². The van der Waals surface area contributed by atoms with Crippen LogP contribution in [0.2, 0.25) is 0 Å². The Hall–Kier alpha value is -1.72. The second-order valence-electron chi connectivity index (χ2n) is 7.12. The Kier molecular flexibility index (Phi) is 8.20. The molecule has 1 saturated heterocycles. The van der Waals surface area contributed by atoms with Gasteiger partial charge in [-0.25, -0.2) is 18.5 Å². The Bertz CT molecular complexity index is 744. The number of β-amino-alcohol motifs (C(OH)–C–C–N with tert-alkyl or cyclic N) is 1. The zero-order valence-electron chi connectivity index (χ0n) is 16.5. The predicted molar refractivity (Wildman–Crippen MR) is 109 cm³/mol. The number of nitrogens with one attached hydrogen (secondary N) is 2. The summed E-state index contributed by atoms with van der Waals surface area (Å²) in [5, 5.41) is 22.1. The summed E-state index contributed by atoms with van der Waals surface area (Å²) in [5.41, 5.74) is -0.0605. The van der Waals surface area contributed by atoms with E-state index in [1.165, 1.54) is 12.1 Å². The summed E-state index contributed by atoms with van der Waals surface area (Å²) in [6.45, 7) is 8.73. The average molecular weight is 414 g/mol. The normalized spacial score (nSPS) is 18.5. The van der Waals surface area contributed by atoms with Crippen molar-refractivity contribution in [2.24, 2.45) is 10.1 Å². The number of morpholine rings is 1. The average Bonchev–Trinajstić information content (AvgIpc) is 2.64. The molecule has 0 amide bonds. The maximum absolute atomic E-state index is 11.3. The molecule has 1 unspecified atom stereocenters. The molecule has 0 saturated carbocycles. The Morgan fingerprint density at radius 3 is 2.50 bits per heavy atom. The fraction of sp³-hybridized carbons (Fsp3) is 0.611. The van der Waals surface area contributed by atoms with E-state index < -0.39 is 15.6 Å². The maximum Gasteiger partial charge on any atom is 0.238 e. The first-order valence-corrected chi connectivity index (χ1v) is 10.9. The van der Waals surface area contributed by atoms with Crippen LogP contribution in [0.1, 0.15) is 19.4 Å². The lowest BCUT2D eigenvalue weighted by Gasteiger charge is -2.34. The van der Waals surface area contributed by atoms with E-state index in [1.54, 1.807) is 19.1 Å². The van der Waals surface area contributed by atoms with Crippen LogP contribution >= 0.6 is 0 Å². The number of hydrogen-bond donors (Lipinski definition) is 4. The van der Waals surface area contributed by atoms with Gasteiger partial charge in [0.15, 0.2) is 5.96 Å². The summed E-state index contributed by atoms with van der Waals surface area (Å²) >= 11 is 0. The number of nitrogens with zero attached hydrogens (tertiary/aromatic N) is 2. The molecular formula is C18H31N5O4S. The first-order valence-electron chi connectivity index (χ1n) is 9.36. The van der Waals surface area contributed by atoms with Crippen molar-refractivity contribution in [3.63, 3.8) is 0 Å². The van der Waals surface area contributed by atoms with E-state index in [1.807, 2.05) is 6.92 Å². The van der Waals surface area contributed by atoms with Gasteiger partial charge in [0.2, 0.25) is 10.0 Å². The van der Waals surface area contributed by atoms with E-state index in [4.69, 9.17) is 9.88 Å². The van der Waals surface area contributed by atoms with Crippen LogP contribution in [0.3, 0.4) is 0 Å². The number of benzene rings is 1. The number of sulfonamides is 1. The van der Waals surface area contributed by atoms with Crippen LogP contribution in [0.25, 0.3) is 0 Å². The molecule has 5 N–H and O–H groups in total. The highest BCUT2D eigenvalue weighted by molar-refractivity contribution is 7.89. The zero-order valence-corrected chi connectivity index (χ0v) is 17.3. The summed E-state index contributed by atoms with van der Waals surface area (Å²) in [6.07, 6.45) is 0. The van der Waals surface area contributed by atoms with Crippen LogP contribution < -0.4 is 15.8 Å². The number of aliphatic imine (C=N–C) groups is 1. The molecule has 0 aliphatic carbocycles. The van der Waals surface area contributed by atoms with Crippen molar-refractivity contribution in [1.82, 2.24) is 15.5 Å². The highest BCUT2D eigenvalue weighted by Gasteiger charge is 2.25. The third-order valence-corrected chi connectivity index (χ3v) is 5.25. The summed E-state index contributed by atoms with van der Waals surface area (Å²) in [6, 6.07) is 6.30. The Balaban J connectivity index is 1.92. The number of hydrogen-bond acceptors (Lipinski definition) is 6. The van der Waals surface area contributed by atoms with Gasteiger partial charge in [-0.1, -0.05) is 12.1 Å². The molecule has 1 aliphatic rings. The molecular weight excluding hydrogens is 382 g/mol. The Morgan fingerprint density at radius 2 is 1.93 bits per heavy atom. The lowest BCUT2D eigenvalue weighted by molar-refractivity contribution is -0.0201. The molecule has 28 heavy (non-hydrogen) atoms. The van der Waals surface area contributed by atoms with E-state index in [9.17, 15) is 13.5 Å². The highest BCUT2D eigenvalue weighted by atomic mass is 32.2. The van der Waals surface area contributed by atoms with Crippen LogP contribution in [0.4, 0.5) is 0 Å². The van der Waals surface area contributed by atoms with Gasteiger partial charge in [-0.3, -0.25) is 4.90 Å². The monoisotopic (exact) mass is 413 g/mol. The minimum absolute atomic E-state index is 0.0735. The van der Waals surface area contributed by atoms with Gasteiger partial charge in [-0.2, -0.15) is 0 Å². The minimum atomic E-state index is -3.70. The predicted octanol–water partition coefficient (Wildman–Crippen LogP) is -0.528. The second-order valence-corrected chi connectivity index (χ2v) is 8.68. The van der Waals surface area contributed by atoms with Gasteiger partial charge >= 0.3 is 0 Å². The van der Waals surface area contributed by atoms with Crippen LogP contribution in [-0.2, 0) is 21.3 Å². The van der Waals surface area contributed by atoms with Gasteiger partial charge in [0.05, 0.1) is 30.3 Å². The van der Waals surface area contributed by atoms with Crippen molar-refractivity contribution >= 4 is 16.0 Å². The molecule has 1 aliphatic heterocycles. The number of primary sulfonamides is 1. The van der Waals surface area contributed by atoms with Crippen LogP contribution in [0.5, 0.6) is 0 Å². The van der Waals surface area contributed by atoms with E-state index >= 15 is 0 Å². The lowest BCUT2D eigenvalue weighted by Crippen LogP contribution is -2.52. The van der Waals surface area contributed by atoms with Crippen molar-refractivity contribution in [3.8, 4) is 0 Å². The number of ether oxygens (including phenoxy) is 1. The fourth-order valence-corrected chi connectivity index (χ4v) is 3.38. The lowest BCUT2D eigenvalue weighted by atomic mass is 10.1. The van der Waals surface area contributed by atoms with Crippen molar-refractivity contribution in [1.29, 1.82) is 0 Å². The minimum Gasteiger partial charge on any atom is -0.387 e. The third kappa shape index (κ3) is 7.72. The molecule has 0 spiro atoms. The van der Waals surface area contributed by atoms with Gasteiger partial charge in [-0.15, -0.1) is 0 Å². The molecule has 1 aromatic carbocycles.